The Bertz CT molecular complexity index is 1100. The van der Waals surface area contributed by atoms with E-state index in [9.17, 15) is 13.2 Å². The van der Waals surface area contributed by atoms with Gasteiger partial charge in [-0.3, -0.25) is 4.79 Å². The number of furan rings is 1. The summed E-state index contributed by atoms with van der Waals surface area (Å²) in [6, 6.07) is 14.3. The maximum Gasteiger partial charge on any atom is 0.254 e. The summed E-state index contributed by atoms with van der Waals surface area (Å²) in [5.41, 5.74) is 3.32. The smallest absolute Gasteiger partial charge is 0.254 e. The van der Waals surface area contributed by atoms with Crippen molar-refractivity contribution >= 4 is 15.7 Å². The third-order valence-electron chi connectivity index (χ3n) is 4.70. The third-order valence-corrected chi connectivity index (χ3v) is 5.82. The Kier molecular flexibility index (Phi) is 4.68. The van der Waals surface area contributed by atoms with Crippen molar-refractivity contribution in [2.45, 2.75) is 17.4 Å². The molecule has 0 unspecified atom stereocenters. The maximum atomic E-state index is 12.1. The Labute approximate surface area is 163 Å². The van der Waals surface area contributed by atoms with Crippen LogP contribution in [-0.4, -0.2) is 33.2 Å². The molecule has 2 aromatic carbocycles. The van der Waals surface area contributed by atoms with E-state index in [0.717, 1.165) is 22.4 Å². The van der Waals surface area contributed by atoms with Gasteiger partial charge in [0.2, 0.25) is 0 Å². The Morgan fingerprint density at radius 3 is 2.61 bits per heavy atom. The van der Waals surface area contributed by atoms with Crippen LogP contribution in [0, 0.1) is 0 Å². The molecule has 1 aromatic heterocycles. The Morgan fingerprint density at radius 2 is 1.93 bits per heavy atom. The lowest BCUT2D eigenvalue weighted by Crippen LogP contribution is -2.34. The van der Waals surface area contributed by atoms with Gasteiger partial charge in [0.1, 0.15) is 18.1 Å². The highest BCUT2D eigenvalue weighted by Gasteiger charge is 2.26. The van der Waals surface area contributed by atoms with Crippen LogP contribution in [0.15, 0.2) is 70.4 Å². The van der Waals surface area contributed by atoms with Gasteiger partial charge < -0.3 is 14.5 Å². The summed E-state index contributed by atoms with van der Waals surface area (Å²) in [4.78, 5) is 12.3. The zero-order valence-electron chi connectivity index (χ0n) is 15.2. The van der Waals surface area contributed by atoms with E-state index in [4.69, 9.17) is 9.15 Å². The van der Waals surface area contributed by atoms with Crippen molar-refractivity contribution in [1.29, 1.82) is 0 Å². The minimum Gasteiger partial charge on any atom is -0.487 e. The van der Waals surface area contributed by atoms with E-state index >= 15 is 0 Å². The number of fused-ring (bicyclic) bond motifs is 1. The molecule has 0 fully saturated rings. The molecule has 0 spiro atoms. The average molecular weight is 397 g/mol. The summed E-state index contributed by atoms with van der Waals surface area (Å²) in [5.74, 6) is 0.571. The van der Waals surface area contributed by atoms with Crippen LogP contribution in [0.25, 0.3) is 11.1 Å². The largest absolute Gasteiger partial charge is 0.487 e. The first-order valence-corrected chi connectivity index (χ1v) is 10.7. The molecule has 28 heavy (non-hydrogen) atoms. The molecule has 4 rings (SSSR count). The summed E-state index contributed by atoms with van der Waals surface area (Å²) < 4.78 is 34.3. The summed E-state index contributed by atoms with van der Waals surface area (Å²) in [7, 11) is -3.23. The average Bonchev–Trinajstić information content (AvgIpc) is 3.34. The number of ether oxygens (including phenoxy) is 1. The normalized spacial score (nSPS) is 15.7. The van der Waals surface area contributed by atoms with Gasteiger partial charge in [-0.05, 0) is 29.3 Å². The molecule has 0 radical (unpaired) electrons. The predicted octanol–water partition coefficient (Wildman–Crippen LogP) is 3.08. The summed E-state index contributed by atoms with van der Waals surface area (Å²) >= 11 is 0. The Hall–Kier alpha value is -3.06. The lowest BCUT2D eigenvalue weighted by atomic mass is 10.0. The van der Waals surface area contributed by atoms with Crippen LogP contribution in [0.1, 0.15) is 15.9 Å². The third kappa shape index (κ3) is 3.66. The summed E-state index contributed by atoms with van der Waals surface area (Å²) in [6.45, 7) is 0.380. The number of rotatable bonds is 5. The minimum atomic E-state index is -3.23. The lowest BCUT2D eigenvalue weighted by molar-refractivity contribution is 0.0933. The van der Waals surface area contributed by atoms with Crippen molar-refractivity contribution in [3.63, 3.8) is 0 Å². The van der Waals surface area contributed by atoms with Crippen molar-refractivity contribution in [2.24, 2.45) is 0 Å². The van der Waals surface area contributed by atoms with Crippen LogP contribution in [0.3, 0.4) is 0 Å². The van der Waals surface area contributed by atoms with Crippen LogP contribution in [0.5, 0.6) is 5.75 Å². The molecule has 2 heterocycles. The monoisotopic (exact) mass is 397 g/mol. The molecule has 0 aliphatic carbocycles. The number of hydrogen-bond donors (Lipinski definition) is 1. The van der Waals surface area contributed by atoms with Crippen LogP contribution in [-0.2, 0) is 16.3 Å². The summed E-state index contributed by atoms with van der Waals surface area (Å²) in [6.07, 6.45) is 4.57. The van der Waals surface area contributed by atoms with Gasteiger partial charge in [-0.2, -0.15) is 0 Å². The van der Waals surface area contributed by atoms with Gasteiger partial charge in [0, 0.05) is 18.2 Å². The second-order valence-corrected chi connectivity index (χ2v) is 8.77. The maximum absolute atomic E-state index is 12.1. The van der Waals surface area contributed by atoms with Gasteiger partial charge in [0.15, 0.2) is 9.84 Å². The van der Waals surface area contributed by atoms with Gasteiger partial charge >= 0.3 is 0 Å². The second-order valence-electron chi connectivity index (χ2n) is 6.76. The molecule has 1 atom stereocenters. The fraction of sp³-hybridized carbons (Fsp3) is 0.190. The highest BCUT2D eigenvalue weighted by atomic mass is 32.2. The first-order valence-electron chi connectivity index (χ1n) is 8.81. The Balaban J connectivity index is 1.50. The highest BCUT2D eigenvalue weighted by Crippen LogP contribution is 2.38. The highest BCUT2D eigenvalue weighted by molar-refractivity contribution is 7.90. The second kappa shape index (κ2) is 7.16. The molecule has 0 saturated heterocycles. The van der Waals surface area contributed by atoms with E-state index < -0.39 is 9.84 Å². The molecule has 144 valence electrons. The topological polar surface area (TPSA) is 85.6 Å². The SMILES string of the molecule is CS(=O)(=O)c1ccc(-c2cccc3c2O[C@@H](CNC(=O)c2ccoc2)C3)cc1. The zero-order chi connectivity index (χ0) is 19.7. The van der Waals surface area contributed by atoms with Gasteiger partial charge in [0.05, 0.1) is 23.3 Å². The van der Waals surface area contributed by atoms with E-state index in [1.807, 2.05) is 18.2 Å². The van der Waals surface area contributed by atoms with Crippen LogP contribution >= 0.6 is 0 Å². The van der Waals surface area contributed by atoms with Gasteiger partial charge in [0.25, 0.3) is 5.91 Å². The number of amides is 1. The van der Waals surface area contributed by atoms with Gasteiger partial charge in [-0.15, -0.1) is 0 Å². The number of para-hydroxylation sites is 1. The van der Waals surface area contributed by atoms with Crippen molar-refractivity contribution in [2.75, 3.05) is 12.8 Å². The number of hydrogen-bond acceptors (Lipinski definition) is 5. The lowest BCUT2D eigenvalue weighted by Gasteiger charge is -2.13. The molecule has 1 aliphatic heterocycles. The van der Waals surface area contributed by atoms with E-state index in [0.29, 0.717) is 18.5 Å². The number of nitrogens with one attached hydrogen (secondary N) is 1. The van der Waals surface area contributed by atoms with Crippen molar-refractivity contribution in [1.82, 2.24) is 5.32 Å². The van der Waals surface area contributed by atoms with E-state index in [1.165, 1.54) is 18.8 Å². The molecule has 6 nitrogen and oxygen atoms in total. The van der Waals surface area contributed by atoms with Crippen molar-refractivity contribution < 1.29 is 22.4 Å². The quantitative estimate of drug-likeness (QED) is 0.715. The fourth-order valence-corrected chi connectivity index (χ4v) is 3.89. The molecule has 0 bridgehead atoms. The van der Waals surface area contributed by atoms with Crippen LogP contribution in [0.2, 0.25) is 0 Å². The molecular weight excluding hydrogens is 378 g/mol. The molecule has 0 saturated carbocycles. The van der Waals surface area contributed by atoms with Gasteiger partial charge in [-0.25, -0.2) is 8.42 Å². The molecule has 1 amide bonds. The number of carbonyl (C=O) groups excluding carboxylic acids is 1. The first-order chi connectivity index (χ1) is 13.4. The summed E-state index contributed by atoms with van der Waals surface area (Å²) in [5, 5.41) is 2.85. The van der Waals surface area contributed by atoms with E-state index in [-0.39, 0.29) is 16.9 Å². The molecule has 1 N–H and O–H groups in total. The first kappa shape index (κ1) is 18.3. The fourth-order valence-electron chi connectivity index (χ4n) is 3.26. The van der Waals surface area contributed by atoms with Crippen LogP contribution < -0.4 is 10.1 Å². The molecule has 7 heteroatoms. The molecule has 3 aromatic rings. The van der Waals surface area contributed by atoms with Crippen molar-refractivity contribution in [3.8, 4) is 16.9 Å². The molecular formula is C21H19NO5S. The minimum absolute atomic E-state index is 0.165. The van der Waals surface area contributed by atoms with E-state index in [2.05, 4.69) is 5.32 Å². The standard InChI is InChI=1S/C21H19NO5S/c1-28(24,25)18-7-5-14(6-8-18)19-4-2-3-15-11-17(27-20(15)19)12-22-21(23)16-9-10-26-13-16/h2-10,13,17H,11-12H2,1H3,(H,22,23)/t17-/m1/s1. The van der Waals surface area contributed by atoms with Crippen LogP contribution in [0.4, 0.5) is 0 Å². The Morgan fingerprint density at radius 1 is 1.14 bits per heavy atom. The van der Waals surface area contributed by atoms with E-state index in [1.54, 1.807) is 30.3 Å². The van der Waals surface area contributed by atoms with Crippen molar-refractivity contribution in [3.05, 3.63) is 72.2 Å². The molecule has 1 aliphatic rings. The number of carbonyl (C=O) groups is 1. The predicted molar refractivity (Wildman–Crippen MR) is 104 cm³/mol. The zero-order valence-corrected chi connectivity index (χ0v) is 16.0. The number of sulfone groups is 1. The van der Waals surface area contributed by atoms with Gasteiger partial charge in [-0.1, -0.05) is 30.3 Å². The number of benzene rings is 2.